The molecule has 0 bridgehead atoms. The lowest BCUT2D eigenvalue weighted by Crippen LogP contribution is -2.49. The average molecular weight is 303 g/mol. The number of hydrogen-bond donors (Lipinski definition) is 2. The fourth-order valence-electron chi connectivity index (χ4n) is 2.92. The fraction of sp³-hybridized carbons (Fsp3) is 0.923. The molecule has 1 saturated carbocycles. The molecule has 2 N–H and O–H groups in total. The van der Waals surface area contributed by atoms with Crippen molar-refractivity contribution in [3.63, 3.8) is 0 Å². The van der Waals surface area contributed by atoms with E-state index in [9.17, 15) is 13.2 Å². The van der Waals surface area contributed by atoms with E-state index in [0.717, 1.165) is 38.8 Å². The summed E-state index contributed by atoms with van der Waals surface area (Å²) in [6, 6.07) is 0. The summed E-state index contributed by atoms with van der Waals surface area (Å²) in [4.78, 5) is 13.6. The molecule has 1 aliphatic carbocycles. The second-order valence-electron chi connectivity index (χ2n) is 5.74. The topological polar surface area (TPSA) is 78.5 Å². The summed E-state index contributed by atoms with van der Waals surface area (Å²) in [7, 11) is -3.33. The number of sulfonamides is 1. The molecular formula is C13H25N3O3S. The highest BCUT2D eigenvalue weighted by Crippen LogP contribution is 2.24. The molecule has 1 aliphatic heterocycles. The molecule has 1 amide bonds. The monoisotopic (exact) mass is 303 g/mol. The van der Waals surface area contributed by atoms with E-state index >= 15 is 0 Å². The van der Waals surface area contributed by atoms with Crippen molar-refractivity contribution in [2.75, 3.05) is 38.5 Å². The largest absolute Gasteiger partial charge is 0.339 e. The van der Waals surface area contributed by atoms with Crippen LogP contribution in [0.15, 0.2) is 0 Å². The van der Waals surface area contributed by atoms with Gasteiger partial charge in [0.1, 0.15) is 0 Å². The highest BCUT2D eigenvalue weighted by atomic mass is 32.2. The zero-order valence-corrected chi connectivity index (χ0v) is 12.8. The fourth-order valence-corrected chi connectivity index (χ4v) is 4.34. The molecule has 7 heteroatoms. The van der Waals surface area contributed by atoms with Crippen LogP contribution in [-0.4, -0.2) is 57.7 Å². The Bertz CT molecular complexity index is 413. The maximum absolute atomic E-state index is 12.0. The smallest absolute Gasteiger partial charge is 0.237 e. The predicted octanol–water partition coefficient (Wildman–Crippen LogP) is -0.0821. The summed E-state index contributed by atoms with van der Waals surface area (Å²) in [5.74, 6) is 0.302. The molecular weight excluding hydrogens is 278 g/mol. The Balaban J connectivity index is 1.74. The Morgan fingerprint density at radius 2 is 1.80 bits per heavy atom. The van der Waals surface area contributed by atoms with Crippen molar-refractivity contribution in [1.29, 1.82) is 0 Å². The molecule has 0 aromatic rings. The van der Waals surface area contributed by atoms with Crippen LogP contribution in [0.1, 0.15) is 32.1 Å². The van der Waals surface area contributed by atoms with Crippen LogP contribution in [0.3, 0.4) is 0 Å². The normalized spacial score (nSPS) is 21.9. The predicted molar refractivity (Wildman–Crippen MR) is 77.8 cm³/mol. The van der Waals surface area contributed by atoms with E-state index in [1.807, 2.05) is 0 Å². The van der Waals surface area contributed by atoms with Crippen LogP contribution in [0, 0.1) is 5.92 Å². The zero-order chi connectivity index (χ0) is 14.4. The van der Waals surface area contributed by atoms with Crippen LogP contribution in [0.5, 0.6) is 0 Å². The Kier molecular flexibility index (Phi) is 5.80. The van der Waals surface area contributed by atoms with Crippen LogP contribution in [-0.2, 0) is 14.8 Å². The molecule has 6 nitrogen and oxygen atoms in total. The van der Waals surface area contributed by atoms with Gasteiger partial charge in [0, 0.05) is 26.2 Å². The number of amides is 1. The lowest BCUT2D eigenvalue weighted by Gasteiger charge is -2.27. The Hall–Kier alpha value is -0.660. The zero-order valence-electron chi connectivity index (χ0n) is 11.9. The third kappa shape index (κ3) is 5.03. The van der Waals surface area contributed by atoms with E-state index < -0.39 is 10.0 Å². The standard InChI is InChI=1S/C13H25N3O3S/c17-13(16-8-6-14-7-9-16)10-15-20(18,19)11-12-4-2-1-3-5-12/h12,14-15H,1-11H2. The van der Waals surface area contributed by atoms with Gasteiger partial charge < -0.3 is 10.2 Å². The molecule has 1 heterocycles. The molecule has 2 rings (SSSR count). The van der Waals surface area contributed by atoms with Crippen molar-refractivity contribution in [3.8, 4) is 0 Å². The van der Waals surface area contributed by atoms with Gasteiger partial charge in [-0.1, -0.05) is 19.3 Å². The van der Waals surface area contributed by atoms with Gasteiger partial charge in [-0.15, -0.1) is 0 Å². The summed E-state index contributed by atoms with van der Waals surface area (Å²) in [5, 5.41) is 3.16. The minimum absolute atomic E-state index is 0.102. The molecule has 1 saturated heterocycles. The molecule has 20 heavy (non-hydrogen) atoms. The first-order chi connectivity index (χ1) is 9.57. The number of piperazine rings is 1. The van der Waals surface area contributed by atoms with Gasteiger partial charge in [0.15, 0.2) is 0 Å². The van der Waals surface area contributed by atoms with Gasteiger partial charge in [0.25, 0.3) is 0 Å². The first-order valence-corrected chi connectivity index (χ1v) is 9.18. The van der Waals surface area contributed by atoms with Gasteiger partial charge in [-0.05, 0) is 18.8 Å². The average Bonchev–Trinajstić information content (AvgIpc) is 2.46. The lowest BCUT2D eigenvalue weighted by atomic mass is 9.91. The number of carbonyl (C=O) groups is 1. The first-order valence-electron chi connectivity index (χ1n) is 7.53. The van der Waals surface area contributed by atoms with E-state index in [1.165, 1.54) is 6.42 Å². The number of rotatable bonds is 5. The molecule has 0 radical (unpaired) electrons. The second kappa shape index (κ2) is 7.38. The van der Waals surface area contributed by atoms with Gasteiger partial charge in [0.05, 0.1) is 12.3 Å². The van der Waals surface area contributed by atoms with Gasteiger partial charge in [0.2, 0.25) is 15.9 Å². The number of nitrogens with one attached hydrogen (secondary N) is 2. The first kappa shape index (κ1) is 15.7. The minimum atomic E-state index is -3.33. The van der Waals surface area contributed by atoms with Crippen molar-refractivity contribution in [2.24, 2.45) is 5.92 Å². The Labute approximate surface area is 121 Å². The quantitative estimate of drug-likeness (QED) is 0.744. The summed E-state index contributed by atoms with van der Waals surface area (Å²) >= 11 is 0. The summed E-state index contributed by atoms with van der Waals surface area (Å²) < 4.78 is 26.4. The number of nitrogens with zero attached hydrogens (tertiary/aromatic N) is 1. The third-order valence-corrected chi connectivity index (χ3v) is 5.59. The molecule has 0 atom stereocenters. The molecule has 116 valence electrons. The van der Waals surface area contributed by atoms with Crippen LogP contribution in [0.25, 0.3) is 0 Å². The maximum Gasteiger partial charge on any atom is 0.237 e. The summed E-state index contributed by atoms with van der Waals surface area (Å²) in [5.41, 5.74) is 0. The van der Waals surface area contributed by atoms with E-state index in [1.54, 1.807) is 4.90 Å². The van der Waals surface area contributed by atoms with Crippen molar-refractivity contribution >= 4 is 15.9 Å². The molecule has 0 aromatic carbocycles. The van der Waals surface area contributed by atoms with Gasteiger partial charge >= 0.3 is 0 Å². The summed E-state index contributed by atoms with van der Waals surface area (Å²) in [6.07, 6.45) is 5.45. The SMILES string of the molecule is O=C(CNS(=O)(=O)CC1CCCCC1)N1CCNCC1. The van der Waals surface area contributed by atoms with Crippen LogP contribution >= 0.6 is 0 Å². The molecule has 0 unspecified atom stereocenters. The van der Waals surface area contributed by atoms with Crippen LogP contribution < -0.4 is 10.0 Å². The number of hydrogen-bond acceptors (Lipinski definition) is 4. The number of carbonyl (C=O) groups excluding carboxylic acids is 1. The van der Waals surface area contributed by atoms with Crippen LogP contribution in [0.4, 0.5) is 0 Å². The van der Waals surface area contributed by atoms with E-state index in [-0.39, 0.29) is 24.1 Å². The van der Waals surface area contributed by atoms with Crippen molar-refractivity contribution in [1.82, 2.24) is 14.9 Å². The van der Waals surface area contributed by atoms with E-state index in [2.05, 4.69) is 10.0 Å². The van der Waals surface area contributed by atoms with Crippen molar-refractivity contribution < 1.29 is 13.2 Å². The highest BCUT2D eigenvalue weighted by Gasteiger charge is 2.23. The third-order valence-electron chi connectivity index (χ3n) is 4.09. The Morgan fingerprint density at radius 1 is 1.15 bits per heavy atom. The maximum atomic E-state index is 12.0. The molecule has 2 fully saturated rings. The van der Waals surface area contributed by atoms with Gasteiger partial charge in [-0.25, -0.2) is 13.1 Å². The highest BCUT2D eigenvalue weighted by molar-refractivity contribution is 7.89. The van der Waals surface area contributed by atoms with Crippen molar-refractivity contribution in [3.05, 3.63) is 0 Å². The van der Waals surface area contributed by atoms with Gasteiger partial charge in [-0.3, -0.25) is 4.79 Å². The van der Waals surface area contributed by atoms with Crippen LogP contribution in [0.2, 0.25) is 0 Å². The lowest BCUT2D eigenvalue weighted by molar-refractivity contribution is -0.130. The molecule has 2 aliphatic rings. The Morgan fingerprint density at radius 3 is 2.45 bits per heavy atom. The summed E-state index contributed by atoms with van der Waals surface area (Å²) in [6.45, 7) is 2.77. The molecule has 0 spiro atoms. The van der Waals surface area contributed by atoms with Crippen molar-refractivity contribution in [2.45, 2.75) is 32.1 Å². The second-order valence-corrected chi connectivity index (χ2v) is 7.59. The molecule has 0 aromatic heterocycles. The van der Waals surface area contributed by atoms with Gasteiger partial charge in [-0.2, -0.15) is 0 Å². The van der Waals surface area contributed by atoms with E-state index in [0.29, 0.717) is 13.1 Å². The van der Waals surface area contributed by atoms with E-state index in [4.69, 9.17) is 0 Å². The minimum Gasteiger partial charge on any atom is -0.339 e.